The van der Waals surface area contributed by atoms with Gasteiger partial charge in [0.05, 0.1) is 0 Å². The highest BCUT2D eigenvalue weighted by atomic mass is 32.2. The number of alkyl halides is 2. The number of hydrogen-bond acceptors (Lipinski definition) is 2. The van der Waals surface area contributed by atoms with Crippen LogP contribution in [-0.2, 0) is 0 Å². The van der Waals surface area contributed by atoms with Gasteiger partial charge in [0, 0.05) is 10.5 Å². The van der Waals surface area contributed by atoms with Crippen molar-refractivity contribution in [2.75, 3.05) is 0 Å². The summed E-state index contributed by atoms with van der Waals surface area (Å²) in [4.78, 5) is 10.7. The zero-order valence-electron chi connectivity index (χ0n) is 6.04. The minimum atomic E-state index is -2.44. The second-order valence-corrected chi connectivity index (χ2v) is 3.13. The van der Waals surface area contributed by atoms with Gasteiger partial charge in [-0.3, -0.25) is 4.79 Å². The Morgan fingerprint density at radius 1 is 1.42 bits per heavy atom. The van der Waals surface area contributed by atoms with Gasteiger partial charge >= 0.3 is 0 Å². The summed E-state index contributed by atoms with van der Waals surface area (Å²) in [5, 5.41) is 0. The van der Waals surface area contributed by atoms with Gasteiger partial charge in [0.1, 0.15) is 6.29 Å². The normalized spacial score (nSPS) is 10.2. The second kappa shape index (κ2) is 4.21. The third kappa shape index (κ3) is 2.62. The molecular weight excluding hydrogens is 182 g/mol. The number of halogens is 2. The monoisotopic (exact) mass is 188 g/mol. The molecule has 0 aliphatic carbocycles. The molecule has 0 spiro atoms. The zero-order chi connectivity index (χ0) is 8.97. The van der Waals surface area contributed by atoms with E-state index in [-0.39, 0.29) is 0 Å². The number of carbonyl (C=O) groups excluding carboxylic acids is 1. The van der Waals surface area contributed by atoms with Crippen LogP contribution in [-0.4, -0.2) is 12.0 Å². The fraction of sp³-hybridized carbons (Fsp3) is 0.125. The van der Waals surface area contributed by atoms with E-state index < -0.39 is 5.76 Å². The smallest absolute Gasteiger partial charge is 0.288 e. The van der Waals surface area contributed by atoms with Gasteiger partial charge in [0.2, 0.25) is 0 Å². The molecule has 4 heteroatoms. The van der Waals surface area contributed by atoms with E-state index in [4.69, 9.17) is 0 Å². The van der Waals surface area contributed by atoms with Crippen LogP contribution in [0.2, 0.25) is 0 Å². The van der Waals surface area contributed by atoms with Gasteiger partial charge in [-0.15, -0.1) is 0 Å². The molecule has 0 bridgehead atoms. The summed E-state index contributed by atoms with van der Waals surface area (Å²) in [5.74, 6) is -2.44. The lowest BCUT2D eigenvalue weighted by atomic mass is 10.2. The molecular formula is C8H6F2OS. The number of rotatable bonds is 3. The van der Waals surface area contributed by atoms with Crippen LogP contribution < -0.4 is 0 Å². The summed E-state index contributed by atoms with van der Waals surface area (Å²) in [6.45, 7) is 0. The predicted octanol–water partition coefficient (Wildman–Crippen LogP) is 2.81. The molecule has 1 rings (SSSR count). The van der Waals surface area contributed by atoms with E-state index in [2.05, 4.69) is 0 Å². The molecule has 0 aliphatic heterocycles. The van der Waals surface area contributed by atoms with Crippen LogP contribution in [0.5, 0.6) is 0 Å². The van der Waals surface area contributed by atoms with Crippen LogP contribution in [0.15, 0.2) is 29.2 Å². The van der Waals surface area contributed by atoms with Crippen LogP contribution in [0.25, 0.3) is 0 Å². The van der Waals surface area contributed by atoms with E-state index in [0.29, 0.717) is 28.5 Å². The molecule has 0 heterocycles. The number of carbonyl (C=O) groups is 1. The summed E-state index contributed by atoms with van der Waals surface area (Å²) in [6.07, 6.45) is 0.634. The molecule has 0 radical (unpaired) electrons. The number of benzene rings is 1. The molecule has 0 saturated carbocycles. The minimum Gasteiger partial charge on any atom is -0.298 e. The quantitative estimate of drug-likeness (QED) is 0.536. The molecule has 1 nitrogen and oxygen atoms in total. The van der Waals surface area contributed by atoms with E-state index in [1.807, 2.05) is 0 Å². The molecule has 1 aromatic carbocycles. The van der Waals surface area contributed by atoms with Gasteiger partial charge in [0.25, 0.3) is 5.76 Å². The van der Waals surface area contributed by atoms with Crippen LogP contribution in [0.4, 0.5) is 8.78 Å². The Morgan fingerprint density at radius 2 is 2.17 bits per heavy atom. The minimum absolute atomic E-state index is 0.412. The highest BCUT2D eigenvalue weighted by Gasteiger charge is 2.04. The van der Waals surface area contributed by atoms with E-state index >= 15 is 0 Å². The Balaban J connectivity index is 2.79. The summed E-state index contributed by atoms with van der Waals surface area (Å²) < 4.78 is 23.7. The van der Waals surface area contributed by atoms with E-state index in [1.54, 1.807) is 18.2 Å². The van der Waals surface area contributed by atoms with Gasteiger partial charge in [-0.25, -0.2) is 0 Å². The van der Waals surface area contributed by atoms with Gasteiger partial charge in [-0.05, 0) is 12.1 Å². The van der Waals surface area contributed by atoms with E-state index in [1.165, 1.54) is 6.07 Å². The second-order valence-electron chi connectivity index (χ2n) is 2.07. The van der Waals surface area contributed by atoms with Crippen LogP contribution in [0.3, 0.4) is 0 Å². The van der Waals surface area contributed by atoms with E-state index in [9.17, 15) is 13.6 Å². The molecule has 0 N–H and O–H groups in total. The van der Waals surface area contributed by atoms with Crippen molar-refractivity contribution in [2.24, 2.45) is 0 Å². The Morgan fingerprint density at radius 3 is 2.75 bits per heavy atom. The topological polar surface area (TPSA) is 17.1 Å². The van der Waals surface area contributed by atoms with Crippen LogP contribution in [0.1, 0.15) is 10.4 Å². The maximum atomic E-state index is 11.8. The van der Waals surface area contributed by atoms with Crippen molar-refractivity contribution in [1.82, 2.24) is 0 Å². The number of aldehydes is 1. The van der Waals surface area contributed by atoms with E-state index in [0.717, 1.165) is 0 Å². The van der Waals surface area contributed by atoms with Crippen molar-refractivity contribution < 1.29 is 13.6 Å². The first-order valence-corrected chi connectivity index (χ1v) is 4.10. The highest BCUT2D eigenvalue weighted by molar-refractivity contribution is 7.99. The highest BCUT2D eigenvalue weighted by Crippen LogP contribution is 2.25. The molecule has 0 saturated heterocycles. The molecule has 0 atom stereocenters. The van der Waals surface area contributed by atoms with Gasteiger partial charge in [-0.2, -0.15) is 8.78 Å². The molecule has 0 amide bonds. The first-order chi connectivity index (χ1) is 5.72. The summed E-state index contributed by atoms with van der Waals surface area (Å²) in [5.41, 5.74) is 0.417. The Bertz CT molecular complexity index is 276. The molecule has 0 aliphatic rings. The molecule has 0 fully saturated rings. The number of thioether (sulfide) groups is 1. The van der Waals surface area contributed by atoms with Crippen molar-refractivity contribution in [1.29, 1.82) is 0 Å². The Labute approximate surface area is 72.8 Å². The van der Waals surface area contributed by atoms with Crippen LogP contribution in [0, 0.1) is 0 Å². The number of hydrogen-bond donors (Lipinski definition) is 0. The van der Waals surface area contributed by atoms with Crippen molar-refractivity contribution in [3.8, 4) is 0 Å². The van der Waals surface area contributed by atoms with Gasteiger partial charge < -0.3 is 0 Å². The molecule has 64 valence electrons. The SMILES string of the molecule is O=Cc1cccc(SC(F)F)c1. The first-order valence-electron chi connectivity index (χ1n) is 3.22. The molecule has 1 aromatic rings. The third-order valence-electron chi connectivity index (χ3n) is 1.22. The lowest BCUT2D eigenvalue weighted by Crippen LogP contribution is -1.83. The Kier molecular flexibility index (Phi) is 3.22. The average molecular weight is 188 g/mol. The van der Waals surface area contributed by atoms with Crippen LogP contribution >= 0.6 is 11.8 Å². The molecule has 0 unspecified atom stereocenters. The Hall–Kier alpha value is -0.900. The molecule has 12 heavy (non-hydrogen) atoms. The fourth-order valence-electron chi connectivity index (χ4n) is 0.764. The molecule has 0 aromatic heterocycles. The predicted molar refractivity (Wildman–Crippen MR) is 43.7 cm³/mol. The van der Waals surface area contributed by atoms with Crippen molar-refractivity contribution in [2.45, 2.75) is 10.7 Å². The summed E-state index contributed by atoms with van der Waals surface area (Å²) >= 11 is 0.436. The van der Waals surface area contributed by atoms with Gasteiger partial charge in [-0.1, -0.05) is 23.9 Å². The lowest BCUT2D eigenvalue weighted by molar-refractivity contribution is 0.112. The summed E-state index contributed by atoms with van der Waals surface area (Å²) in [7, 11) is 0. The zero-order valence-corrected chi connectivity index (χ0v) is 6.85. The van der Waals surface area contributed by atoms with Crippen molar-refractivity contribution >= 4 is 18.0 Å². The van der Waals surface area contributed by atoms with Gasteiger partial charge in [0.15, 0.2) is 0 Å². The maximum absolute atomic E-state index is 11.8. The maximum Gasteiger partial charge on any atom is 0.288 e. The lowest BCUT2D eigenvalue weighted by Gasteiger charge is -1.99. The largest absolute Gasteiger partial charge is 0.298 e. The van der Waals surface area contributed by atoms with Crippen molar-refractivity contribution in [3.63, 3.8) is 0 Å². The first kappa shape index (κ1) is 9.19. The summed E-state index contributed by atoms with van der Waals surface area (Å²) in [6, 6.07) is 6.13. The average Bonchev–Trinajstić information content (AvgIpc) is 2.03. The standard InChI is InChI=1S/C8H6F2OS/c9-8(10)12-7-3-1-2-6(4-7)5-11/h1-5,8H. The van der Waals surface area contributed by atoms with Crippen molar-refractivity contribution in [3.05, 3.63) is 29.8 Å². The third-order valence-corrected chi connectivity index (χ3v) is 1.92. The fourth-order valence-corrected chi connectivity index (χ4v) is 1.33.